The molecule has 1 N–H and O–H groups in total. The highest BCUT2D eigenvalue weighted by Crippen LogP contribution is 2.29. The first kappa shape index (κ1) is 21.1. The molecular weight excluding hydrogens is 387 g/mol. The minimum atomic E-state index is -0.995. The number of nitrogens with zero attached hydrogens (tertiary/aromatic N) is 2. The molecule has 30 heavy (non-hydrogen) atoms. The fraction of sp³-hybridized carbons (Fsp3) is 0.217. The van der Waals surface area contributed by atoms with Gasteiger partial charge in [0.2, 0.25) is 0 Å². The number of methoxy groups -OCH3 is 1. The Bertz CT molecular complexity index is 1170. The molecule has 6 nitrogen and oxygen atoms in total. The second-order valence-electron chi connectivity index (χ2n) is 7.19. The Labute approximate surface area is 173 Å². The van der Waals surface area contributed by atoms with Gasteiger partial charge in [-0.3, -0.25) is 4.79 Å². The lowest BCUT2D eigenvalue weighted by Crippen LogP contribution is -2.28. The highest BCUT2D eigenvalue weighted by atomic mass is 19.1. The number of rotatable bonds is 5. The van der Waals surface area contributed by atoms with Gasteiger partial charge in [-0.2, -0.15) is 9.78 Å². The molecule has 1 aromatic heterocycles. The van der Waals surface area contributed by atoms with Crippen molar-refractivity contribution in [2.24, 2.45) is 0 Å². The van der Waals surface area contributed by atoms with Crippen LogP contribution >= 0.6 is 0 Å². The molecule has 0 aliphatic heterocycles. The van der Waals surface area contributed by atoms with Crippen LogP contribution in [0, 0.1) is 17.7 Å². The van der Waals surface area contributed by atoms with Crippen LogP contribution in [0.15, 0.2) is 59.5 Å². The van der Waals surface area contributed by atoms with E-state index in [0.717, 1.165) is 0 Å². The first-order chi connectivity index (χ1) is 14.2. The number of aliphatic hydroxyl groups is 1. The van der Waals surface area contributed by atoms with E-state index in [1.165, 1.54) is 36.2 Å². The molecule has 0 aliphatic carbocycles. The summed E-state index contributed by atoms with van der Waals surface area (Å²) in [7, 11) is 1.48. The van der Waals surface area contributed by atoms with E-state index in [4.69, 9.17) is 9.47 Å². The number of ether oxygens (including phenoxy) is 2. The largest absolute Gasteiger partial charge is 0.493 e. The summed E-state index contributed by atoms with van der Waals surface area (Å²) in [5.41, 5.74) is 0.0263. The molecule has 3 aromatic rings. The van der Waals surface area contributed by atoms with Crippen LogP contribution in [0.1, 0.15) is 25.0 Å². The number of benzene rings is 2. The normalized spacial score (nSPS) is 10.8. The molecule has 0 saturated heterocycles. The van der Waals surface area contributed by atoms with Crippen molar-refractivity contribution < 1.29 is 19.0 Å². The monoisotopic (exact) mass is 408 g/mol. The molecule has 2 aromatic carbocycles. The van der Waals surface area contributed by atoms with Gasteiger partial charge in [0.25, 0.3) is 5.56 Å². The zero-order valence-electron chi connectivity index (χ0n) is 16.8. The molecule has 0 radical (unpaired) electrons. The van der Waals surface area contributed by atoms with Crippen molar-refractivity contribution in [1.29, 1.82) is 0 Å². The minimum Gasteiger partial charge on any atom is -0.493 e. The Morgan fingerprint density at radius 1 is 1.10 bits per heavy atom. The zero-order valence-corrected chi connectivity index (χ0v) is 16.8. The molecule has 0 spiro atoms. The molecule has 0 unspecified atom stereocenters. The van der Waals surface area contributed by atoms with Crippen LogP contribution in [0.4, 0.5) is 4.39 Å². The summed E-state index contributed by atoms with van der Waals surface area (Å²) in [6.07, 6.45) is 1.46. The summed E-state index contributed by atoms with van der Waals surface area (Å²) in [4.78, 5) is 12.5. The third-order valence-corrected chi connectivity index (χ3v) is 3.95. The summed E-state index contributed by atoms with van der Waals surface area (Å²) in [6, 6.07) is 12.2. The van der Waals surface area contributed by atoms with Crippen molar-refractivity contribution in [1.82, 2.24) is 9.78 Å². The third kappa shape index (κ3) is 5.46. The van der Waals surface area contributed by atoms with Crippen LogP contribution < -0.4 is 15.0 Å². The van der Waals surface area contributed by atoms with E-state index in [9.17, 15) is 14.3 Å². The quantitative estimate of drug-likeness (QED) is 0.657. The second-order valence-corrected chi connectivity index (χ2v) is 7.19. The average Bonchev–Trinajstić information content (AvgIpc) is 2.70. The molecule has 154 valence electrons. The maximum absolute atomic E-state index is 13.2. The Balaban J connectivity index is 1.85. The molecule has 0 aliphatic rings. The maximum atomic E-state index is 13.2. The van der Waals surface area contributed by atoms with Crippen LogP contribution in [0.25, 0.3) is 5.69 Å². The summed E-state index contributed by atoms with van der Waals surface area (Å²) in [5.74, 6) is 6.08. The lowest BCUT2D eigenvalue weighted by molar-refractivity contribution is 0.0276. The van der Waals surface area contributed by atoms with Crippen molar-refractivity contribution in [3.63, 3.8) is 0 Å². The summed E-state index contributed by atoms with van der Waals surface area (Å²) in [6.45, 7) is 3.35. The van der Waals surface area contributed by atoms with Crippen LogP contribution in [0.3, 0.4) is 0 Å². The van der Waals surface area contributed by atoms with Gasteiger partial charge in [-0.15, -0.1) is 0 Å². The van der Waals surface area contributed by atoms with E-state index >= 15 is 0 Å². The third-order valence-electron chi connectivity index (χ3n) is 3.95. The van der Waals surface area contributed by atoms with Gasteiger partial charge >= 0.3 is 0 Å². The van der Waals surface area contributed by atoms with E-state index in [1.54, 1.807) is 44.2 Å². The van der Waals surface area contributed by atoms with Crippen molar-refractivity contribution in [3.8, 4) is 29.0 Å². The van der Waals surface area contributed by atoms with Crippen molar-refractivity contribution in [3.05, 3.63) is 82.0 Å². The molecule has 0 bridgehead atoms. The fourth-order valence-corrected chi connectivity index (χ4v) is 2.54. The van der Waals surface area contributed by atoms with Crippen LogP contribution in [-0.2, 0) is 0 Å². The van der Waals surface area contributed by atoms with Crippen molar-refractivity contribution >= 4 is 0 Å². The fourth-order valence-electron chi connectivity index (χ4n) is 2.54. The second kappa shape index (κ2) is 8.80. The summed E-state index contributed by atoms with van der Waals surface area (Å²) < 4.78 is 25.4. The molecular formula is C23H21FN2O4. The van der Waals surface area contributed by atoms with E-state index < -0.39 is 5.60 Å². The van der Waals surface area contributed by atoms with Crippen molar-refractivity contribution in [2.75, 3.05) is 13.7 Å². The molecule has 0 fully saturated rings. The average molecular weight is 408 g/mol. The number of halogens is 1. The molecule has 0 amide bonds. The van der Waals surface area contributed by atoms with Gasteiger partial charge in [0.15, 0.2) is 11.5 Å². The summed E-state index contributed by atoms with van der Waals surface area (Å²) in [5, 5.41) is 14.0. The van der Waals surface area contributed by atoms with Gasteiger partial charge < -0.3 is 14.6 Å². The standard InChI is InChI=1S/C23H21FN2O4/c1-23(2,28)15-30-20-10-9-19(13-21(20)29-3)26-22(27)12-17(14-25-26)8-7-16-5-4-6-18(24)11-16/h4-6,9-14,28H,15H2,1-3H3. The Morgan fingerprint density at radius 2 is 1.87 bits per heavy atom. The predicted octanol–water partition coefficient (Wildman–Crippen LogP) is 2.93. The lowest BCUT2D eigenvalue weighted by atomic mass is 10.2. The maximum Gasteiger partial charge on any atom is 0.272 e. The first-order valence-electron chi connectivity index (χ1n) is 9.16. The van der Waals surface area contributed by atoms with Gasteiger partial charge in [-0.05, 0) is 44.2 Å². The Kier molecular flexibility index (Phi) is 6.19. The zero-order chi connectivity index (χ0) is 21.7. The Morgan fingerprint density at radius 3 is 2.53 bits per heavy atom. The SMILES string of the molecule is COc1cc(-n2ncc(C#Cc3cccc(F)c3)cc2=O)ccc1OCC(C)(C)O. The topological polar surface area (TPSA) is 73.6 Å². The predicted molar refractivity (Wildman–Crippen MR) is 111 cm³/mol. The van der Waals surface area contributed by atoms with Crippen molar-refractivity contribution in [2.45, 2.75) is 19.4 Å². The molecule has 3 rings (SSSR count). The Hall–Kier alpha value is -3.63. The lowest BCUT2D eigenvalue weighted by Gasteiger charge is -2.19. The molecule has 7 heteroatoms. The number of aromatic nitrogens is 2. The van der Waals surface area contributed by atoms with Gasteiger partial charge in [-0.25, -0.2) is 4.39 Å². The van der Waals surface area contributed by atoms with Gasteiger partial charge in [0.1, 0.15) is 12.4 Å². The van der Waals surface area contributed by atoms with Gasteiger partial charge in [0, 0.05) is 17.7 Å². The number of hydrogen-bond acceptors (Lipinski definition) is 5. The smallest absolute Gasteiger partial charge is 0.272 e. The minimum absolute atomic E-state index is 0.0829. The van der Waals surface area contributed by atoms with E-state index in [1.807, 2.05) is 0 Å². The summed E-state index contributed by atoms with van der Waals surface area (Å²) >= 11 is 0. The van der Waals surface area contributed by atoms with E-state index in [0.29, 0.717) is 28.3 Å². The van der Waals surface area contributed by atoms with Crippen LogP contribution in [0.5, 0.6) is 11.5 Å². The van der Waals surface area contributed by atoms with E-state index in [2.05, 4.69) is 16.9 Å². The highest BCUT2D eigenvalue weighted by molar-refractivity contribution is 5.49. The van der Waals surface area contributed by atoms with E-state index in [-0.39, 0.29) is 18.0 Å². The van der Waals surface area contributed by atoms with Crippen LogP contribution in [0.2, 0.25) is 0 Å². The van der Waals surface area contributed by atoms with Gasteiger partial charge in [0.05, 0.1) is 30.2 Å². The first-order valence-corrected chi connectivity index (χ1v) is 9.16. The molecule has 0 saturated carbocycles. The number of hydrogen-bond donors (Lipinski definition) is 1. The molecule has 0 atom stereocenters. The van der Waals surface area contributed by atoms with Gasteiger partial charge in [-0.1, -0.05) is 17.9 Å². The highest BCUT2D eigenvalue weighted by Gasteiger charge is 2.16. The molecule has 1 heterocycles. The van der Waals surface area contributed by atoms with Crippen LogP contribution in [-0.4, -0.2) is 34.2 Å².